The largest absolute Gasteiger partial charge is 0.479 e. The number of rotatable bonds is 7. The van der Waals surface area contributed by atoms with Gasteiger partial charge in [0.15, 0.2) is 5.88 Å². The van der Waals surface area contributed by atoms with Crippen molar-refractivity contribution in [2.24, 2.45) is 5.14 Å². The molecule has 8 heteroatoms. The first-order valence-electron chi connectivity index (χ1n) is 6.28. The fourth-order valence-electron chi connectivity index (χ4n) is 1.43. The average molecular weight is 314 g/mol. The van der Waals surface area contributed by atoms with Gasteiger partial charge in [-0.1, -0.05) is 0 Å². The number of anilines is 1. The zero-order chi connectivity index (χ0) is 15.9. The molecule has 0 fully saturated rings. The van der Waals surface area contributed by atoms with Crippen molar-refractivity contribution in [3.63, 3.8) is 0 Å². The Kier molecular flexibility index (Phi) is 6.19. The van der Waals surface area contributed by atoms with Gasteiger partial charge in [0, 0.05) is 5.69 Å². The second-order valence-electron chi connectivity index (χ2n) is 3.89. The van der Waals surface area contributed by atoms with E-state index in [4.69, 9.17) is 14.6 Å². The zero-order valence-corrected chi connectivity index (χ0v) is 12.6. The van der Waals surface area contributed by atoms with Gasteiger partial charge in [-0.25, -0.2) is 18.4 Å². The number of sulfonamides is 1. The van der Waals surface area contributed by atoms with E-state index >= 15 is 0 Å². The minimum atomic E-state index is -3.73. The van der Waals surface area contributed by atoms with Crippen LogP contribution in [0.25, 0.3) is 0 Å². The Morgan fingerprint density at radius 1 is 1.19 bits per heavy atom. The molecule has 1 aromatic rings. The molecule has 0 heterocycles. The molecule has 0 amide bonds. The molecule has 7 nitrogen and oxygen atoms in total. The van der Waals surface area contributed by atoms with E-state index in [2.05, 4.69) is 5.32 Å². The molecule has 0 aromatic heterocycles. The third-order valence-corrected chi connectivity index (χ3v) is 3.21. The summed E-state index contributed by atoms with van der Waals surface area (Å²) in [5.74, 6) is -0.325. The van der Waals surface area contributed by atoms with Gasteiger partial charge >= 0.3 is 5.97 Å². The fraction of sp³-hybridized carbons (Fsp3) is 0.308. The lowest BCUT2D eigenvalue weighted by atomic mass is 10.3. The third kappa shape index (κ3) is 5.84. The van der Waals surface area contributed by atoms with Crippen molar-refractivity contribution in [1.82, 2.24) is 0 Å². The maximum atomic E-state index is 11.4. The molecule has 0 unspecified atom stereocenters. The normalized spacial score (nSPS) is 11.9. The van der Waals surface area contributed by atoms with E-state index < -0.39 is 16.0 Å². The highest BCUT2D eigenvalue weighted by molar-refractivity contribution is 7.89. The predicted octanol–water partition coefficient (Wildman–Crippen LogP) is 1.19. The van der Waals surface area contributed by atoms with Crippen LogP contribution in [0.2, 0.25) is 0 Å². The third-order valence-electron chi connectivity index (χ3n) is 2.29. The van der Waals surface area contributed by atoms with Crippen LogP contribution >= 0.6 is 0 Å². The Labute approximate surface area is 123 Å². The van der Waals surface area contributed by atoms with E-state index in [-0.39, 0.29) is 17.4 Å². The molecule has 0 bridgehead atoms. The van der Waals surface area contributed by atoms with Gasteiger partial charge in [0.2, 0.25) is 10.0 Å². The number of hydrogen-bond acceptors (Lipinski definition) is 6. The molecule has 0 aliphatic rings. The number of hydrogen-bond donors (Lipinski definition) is 2. The lowest BCUT2D eigenvalue weighted by Gasteiger charge is -2.11. The van der Waals surface area contributed by atoms with Gasteiger partial charge in [-0.05, 0) is 38.1 Å². The Hall–Kier alpha value is -2.06. The number of nitrogens with one attached hydrogen (secondary N) is 1. The van der Waals surface area contributed by atoms with Gasteiger partial charge < -0.3 is 14.8 Å². The van der Waals surface area contributed by atoms with Crippen LogP contribution in [0.5, 0.6) is 0 Å². The lowest BCUT2D eigenvalue weighted by molar-refractivity contribution is -0.137. The average Bonchev–Trinajstić information content (AvgIpc) is 2.38. The molecule has 21 heavy (non-hydrogen) atoms. The van der Waals surface area contributed by atoms with Gasteiger partial charge in [0.25, 0.3) is 0 Å². The molecule has 0 spiro atoms. The van der Waals surface area contributed by atoms with Crippen molar-refractivity contribution in [2.45, 2.75) is 18.7 Å². The second-order valence-corrected chi connectivity index (χ2v) is 5.45. The molecule has 1 rings (SSSR count). The number of benzene rings is 1. The second kappa shape index (κ2) is 7.65. The Morgan fingerprint density at radius 3 is 2.24 bits per heavy atom. The summed E-state index contributed by atoms with van der Waals surface area (Å²) in [7, 11) is -3.73. The van der Waals surface area contributed by atoms with Crippen LogP contribution in [0.1, 0.15) is 13.8 Å². The molecule has 1 aromatic carbocycles. The van der Waals surface area contributed by atoms with Crippen molar-refractivity contribution >= 4 is 21.7 Å². The van der Waals surface area contributed by atoms with Crippen LogP contribution < -0.4 is 10.5 Å². The SMILES string of the molecule is CCOC(=O)/C=C(\Nc1ccc(S(N)(=O)=O)cc1)OCC. The number of primary sulfonamides is 1. The summed E-state index contributed by atoms with van der Waals surface area (Å²) in [4.78, 5) is 11.4. The molecular formula is C13H18N2O5S. The maximum Gasteiger partial charge on any atom is 0.336 e. The van der Waals surface area contributed by atoms with Crippen molar-refractivity contribution in [2.75, 3.05) is 18.5 Å². The summed E-state index contributed by atoms with van der Waals surface area (Å²) < 4.78 is 32.3. The highest BCUT2D eigenvalue weighted by Gasteiger charge is 2.08. The van der Waals surface area contributed by atoms with Gasteiger partial charge in [-0.3, -0.25) is 0 Å². The van der Waals surface area contributed by atoms with Crippen LogP contribution in [0.4, 0.5) is 5.69 Å². The summed E-state index contributed by atoms with van der Waals surface area (Å²) in [6, 6.07) is 5.73. The Balaban J connectivity index is 2.87. The van der Waals surface area contributed by atoms with Crippen LogP contribution in [0.15, 0.2) is 41.1 Å². The van der Waals surface area contributed by atoms with E-state index in [9.17, 15) is 13.2 Å². The zero-order valence-electron chi connectivity index (χ0n) is 11.8. The first-order chi connectivity index (χ1) is 9.86. The van der Waals surface area contributed by atoms with E-state index in [0.717, 1.165) is 0 Å². The van der Waals surface area contributed by atoms with Gasteiger partial charge in [-0.15, -0.1) is 0 Å². The monoisotopic (exact) mass is 314 g/mol. The standard InChI is InChI=1S/C13H18N2O5S/c1-3-19-12(9-13(16)20-4-2)15-10-5-7-11(8-6-10)21(14,17)18/h5-9,15H,3-4H2,1-2H3,(H2,14,17,18)/b12-9+. The van der Waals surface area contributed by atoms with Gasteiger partial charge in [0.05, 0.1) is 24.2 Å². The fourth-order valence-corrected chi connectivity index (χ4v) is 1.95. The lowest BCUT2D eigenvalue weighted by Crippen LogP contribution is -2.12. The Bertz CT molecular complexity index is 608. The smallest absolute Gasteiger partial charge is 0.336 e. The molecule has 0 saturated carbocycles. The van der Waals surface area contributed by atoms with E-state index in [1.54, 1.807) is 13.8 Å². The molecule has 116 valence electrons. The first-order valence-corrected chi connectivity index (χ1v) is 7.82. The molecule has 0 saturated heterocycles. The number of nitrogens with two attached hydrogens (primary N) is 1. The number of esters is 1. The molecule has 0 aliphatic carbocycles. The van der Waals surface area contributed by atoms with Gasteiger partial charge in [-0.2, -0.15) is 0 Å². The minimum absolute atomic E-state index is 0.000354. The summed E-state index contributed by atoms with van der Waals surface area (Å²) >= 11 is 0. The molecule has 0 radical (unpaired) electrons. The van der Waals surface area contributed by atoms with Gasteiger partial charge in [0.1, 0.15) is 0 Å². The van der Waals surface area contributed by atoms with E-state index in [1.807, 2.05) is 0 Å². The van der Waals surface area contributed by atoms with Crippen molar-refractivity contribution in [3.05, 3.63) is 36.2 Å². The quantitative estimate of drug-likeness (QED) is 0.444. The highest BCUT2D eigenvalue weighted by atomic mass is 32.2. The topological polar surface area (TPSA) is 108 Å². The first kappa shape index (κ1) is 17.0. The minimum Gasteiger partial charge on any atom is -0.479 e. The van der Waals surface area contributed by atoms with Crippen LogP contribution in [0, 0.1) is 0 Å². The summed E-state index contributed by atoms with van der Waals surface area (Å²) in [5, 5.41) is 7.86. The number of carbonyl (C=O) groups is 1. The predicted molar refractivity (Wildman–Crippen MR) is 77.8 cm³/mol. The van der Waals surface area contributed by atoms with Crippen LogP contribution in [0.3, 0.4) is 0 Å². The molecule has 3 N–H and O–H groups in total. The van der Waals surface area contributed by atoms with Crippen LogP contribution in [-0.2, 0) is 24.3 Å². The molecule has 0 atom stereocenters. The van der Waals surface area contributed by atoms with E-state index in [0.29, 0.717) is 12.3 Å². The molecule has 0 aliphatic heterocycles. The molecular weight excluding hydrogens is 296 g/mol. The highest BCUT2D eigenvalue weighted by Crippen LogP contribution is 2.15. The number of ether oxygens (including phenoxy) is 2. The summed E-state index contributed by atoms with van der Waals surface area (Å²) in [6.07, 6.45) is 1.18. The van der Waals surface area contributed by atoms with Crippen molar-refractivity contribution < 1.29 is 22.7 Å². The van der Waals surface area contributed by atoms with Crippen LogP contribution in [-0.4, -0.2) is 27.6 Å². The maximum absolute atomic E-state index is 11.4. The van der Waals surface area contributed by atoms with E-state index in [1.165, 1.54) is 30.3 Å². The number of carbonyl (C=O) groups excluding carboxylic acids is 1. The summed E-state index contributed by atoms with van der Waals surface area (Å²) in [6.45, 7) is 4.08. The van der Waals surface area contributed by atoms with Crippen molar-refractivity contribution in [3.8, 4) is 0 Å². The summed E-state index contributed by atoms with van der Waals surface area (Å²) in [5.41, 5.74) is 0.548. The van der Waals surface area contributed by atoms with Crippen molar-refractivity contribution in [1.29, 1.82) is 0 Å². The Morgan fingerprint density at radius 2 is 1.76 bits per heavy atom.